The van der Waals surface area contributed by atoms with Gasteiger partial charge in [-0.1, -0.05) is 20.3 Å². The molecule has 0 radical (unpaired) electrons. The number of likely N-dealkylation sites (N-methyl/N-ethyl adjacent to an activating group) is 1. The van der Waals surface area contributed by atoms with E-state index in [4.69, 9.17) is 0 Å². The van der Waals surface area contributed by atoms with E-state index in [1.165, 1.54) is 64.7 Å². The lowest BCUT2D eigenvalue weighted by molar-refractivity contribution is 0.0657. The highest BCUT2D eigenvalue weighted by molar-refractivity contribution is 4.87. The smallest absolute Gasteiger partial charge is 0.0220 e. The van der Waals surface area contributed by atoms with E-state index in [0.717, 1.165) is 12.6 Å². The normalized spacial score (nSPS) is 26.6. The Balaban J connectivity index is 1.77. The number of hydrogen-bond acceptors (Lipinski definition) is 3. The quantitative estimate of drug-likeness (QED) is 0.807. The Morgan fingerprint density at radius 2 is 1.65 bits per heavy atom. The zero-order valence-corrected chi connectivity index (χ0v) is 13.9. The van der Waals surface area contributed by atoms with Crippen LogP contribution in [0, 0.1) is 0 Å². The van der Waals surface area contributed by atoms with Gasteiger partial charge in [-0.25, -0.2) is 0 Å². The lowest BCUT2D eigenvalue weighted by Gasteiger charge is -2.43. The van der Waals surface area contributed by atoms with Crippen LogP contribution < -0.4 is 5.32 Å². The third kappa shape index (κ3) is 4.19. The molecule has 2 saturated heterocycles. The summed E-state index contributed by atoms with van der Waals surface area (Å²) in [5, 5.41) is 3.65. The highest BCUT2D eigenvalue weighted by atomic mass is 15.2. The van der Waals surface area contributed by atoms with Gasteiger partial charge in [0.25, 0.3) is 0 Å². The van der Waals surface area contributed by atoms with Gasteiger partial charge in [-0.15, -0.1) is 0 Å². The first-order valence-corrected chi connectivity index (χ1v) is 8.97. The Hall–Kier alpha value is -0.120. The minimum absolute atomic E-state index is 0.659. The van der Waals surface area contributed by atoms with Gasteiger partial charge in [0, 0.05) is 18.1 Å². The fourth-order valence-corrected chi connectivity index (χ4v) is 4.11. The molecule has 3 nitrogen and oxygen atoms in total. The number of likely N-dealkylation sites (tertiary alicyclic amines) is 2. The number of nitrogens with zero attached hydrogens (tertiary/aromatic N) is 2. The van der Waals surface area contributed by atoms with Gasteiger partial charge in [-0.3, -0.25) is 4.90 Å². The molecule has 2 rings (SSSR count). The Morgan fingerprint density at radius 3 is 2.20 bits per heavy atom. The third-order valence-electron chi connectivity index (χ3n) is 5.47. The lowest BCUT2D eigenvalue weighted by Crippen LogP contribution is -2.53. The largest absolute Gasteiger partial charge is 0.313 e. The SMILES string of the molecule is CCNC(CC)C(C)N1CCC(N2CCCCC2)CC1. The number of hydrogen-bond donors (Lipinski definition) is 1. The molecule has 2 heterocycles. The maximum atomic E-state index is 3.65. The summed E-state index contributed by atoms with van der Waals surface area (Å²) in [6.07, 6.45) is 8.30. The average Bonchev–Trinajstić information content (AvgIpc) is 2.53. The van der Waals surface area contributed by atoms with Crippen LogP contribution in [0.25, 0.3) is 0 Å². The lowest BCUT2D eigenvalue weighted by atomic mass is 9.97. The van der Waals surface area contributed by atoms with Crippen molar-refractivity contribution in [3.05, 3.63) is 0 Å². The van der Waals surface area contributed by atoms with Gasteiger partial charge in [-0.2, -0.15) is 0 Å². The van der Waals surface area contributed by atoms with Crippen LogP contribution in [0.2, 0.25) is 0 Å². The van der Waals surface area contributed by atoms with Gasteiger partial charge in [0.15, 0.2) is 0 Å². The molecule has 0 aliphatic carbocycles. The van der Waals surface area contributed by atoms with Crippen molar-refractivity contribution in [1.29, 1.82) is 0 Å². The zero-order chi connectivity index (χ0) is 14.4. The van der Waals surface area contributed by atoms with E-state index >= 15 is 0 Å². The molecule has 2 aliphatic rings. The third-order valence-corrected chi connectivity index (χ3v) is 5.47. The molecule has 0 amide bonds. The van der Waals surface area contributed by atoms with Crippen LogP contribution in [0.4, 0.5) is 0 Å². The van der Waals surface area contributed by atoms with E-state index < -0.39 is 0 Å². The summed E-state index contributed by atoms with van der Waals surface area (Å²) in [6.45, 7) is 13.3. The molecule has 0 aromatic carbocycles. The summed E-state index contributed by atoms with van der Waals surface area (Å²) in [5.41, 5.74) is 0. The van der Waals surface area contributed by atoms with Crippen molar-refractivity contribution in [2.75, 3.05) is 32.7 Å². The van der Waals surface area contributed by atoms with E-state index in [1.54, 1.807) is 0 Å². The standard InChI is InChI=1S/C17H35N3/c1-4-17(18-5-2)15(3)19-13-9-16(10-14-19)20-11-7-6-8-12-20/h15-18H,4-14H2,1-3H3. The zero-order valence-electron chi connectivity index (χ0n) is 13.9. The van der Waals surface area contributed by atoms with Crippen molar-refractivity contribution >= 4 is 0 Å². The Morgan fingerprint density at radius 1 is 1.00 bits per heavy atom. The van der Waals surface area contributed by atoms with E-state index in [2.05, 4.69) is 35.9 Å². The van der Waals surface area contributed by atoms with Crippen LogP contribution in [0.1, 0.15) is 59.3 Å². The second kappa shape index (κ2) is 8.35. The van der Waals surface area contributed by atoms with Crippen LogP contribution in [-0.4, -0.2) is 60.6 Å². The topological polar surface area (TPSA) is 18.5 Å². The summed E-state index contributed by atoms with van der Waals surface area (Å²) < 4.78 is 0. The summed E-state index contributed by atoms with van der Waals surface area (Å²) in [4.78, 5) is 5.49. The summed E-state index contributed by atoms with van der Waals surface area (Å²) in [6, 6.07) is 2.21. The number of rotatable bonds is 6. The molecule has 0 aromatic rings. The van der Waals surface area contributed by atoms with Gasteiger partial charge in [0.05, 0.1) is 0 Å². The van der Waals surface area contributed by atoms with Crippen LogP contribution in [0.5, 0.6) is 0 Å². The Bertz CT molecular complexity index is 255. The molecule has 3 heteroatoms. The van der Waals surface area contributed by atoms with Crippen molar-refractivity contribution in [2.24, 2.45) is 0 Å². The first-order chi connectivity index (χ1) is 9.76. The monoisotopic (exact) mass is 281 g/mol. The van der Waals surface area contributed by atoms with Gasteiger partial charge in [0.1, 0.15) is 0 Å². The first-order valence-electron chi connectivity index (χ1n) is 8.97. The minimum atomic E-state index is 0.659. The number of piperidine rings is 2. The fraction of sp³-hybridized carbons (Fsp3) is 1.00. The van der Waals surface area contributed by atoms with E-state index in [1.807, 2.05) is 0 Å². The summed E-state index contributed by atoms with van der Waals surface area (Å²) in [7, 11) is 0. The molecule has 20 heavy (non-hydrogen) atoms. The van der Waals surface area contributed by atoms with Gasteiger partial charge in [0.2, 0.25) is 0 Å². The molecule has 0 saturated carbocycles. The van der Waals surface area contributed by atoms with Crippen molar-refractivity contribution in [3.63, 3.8) is 0 Å². The second-order valence-electron chi connectivity index (χ2n) is 6.68. The maximum Gasteiger partial charge on any atom is 0.0220 e. The van der Waals surface area contributed by atoms with Crippen molar-refractivity contribution in [1.82, 2.24) is 15.1 Å². The fourth-order valence-electron chi connectivity index (χ4n) is 4.11. The molecule has 2 unspecified atom stereocenters. The molecule has 2 aliphatic heterocycles. The second-order valence-corrected chi connectivity index (χ2v) is 6.68. The van der Waals surface area contributed by atoms with Crippen LogP contribution in [0.15, 0.2) is 0 Å². The van der Waals surface area contributed by atoms with Gasteiger partial charge in [-0.05, 0) is 71.8 Å². The molecule has 2 fully saturated rings. The molecular formula is C17H35N3. The maximum absolute atomic E-state index is 3.65. The van der Waals surface area contributed by atoms with Crippen molar-refractivity contribution < 1.29 is 0 Å². The highest BCUT2D eigenvalue weighted by Crippen LogP contribution is 2.22. The molecular weight excluding hydrogens is 246 g/mol. The average molecular weight is 281 g/mol. The van der Waals surface area contributed by atoms with Crippen molar-refractivity contribution in [3.8, 4) is 0 Å². The van der Waals surface area contributed by atoms with E-state index in [9.17, 15) is 0 Å². The Kier molecular flexibility index (Phi) is 6.79. The molecule has 0 bridgehead atoms. The summed E-state index contributed by atoms with van der Waals surface area (Å²) in [5.74, 6) is 0. The Labute approximate surface area is 126 Å². The van der Waals surface area contributed by atoms with Crippen LogP contribution in [0.3, 0.4) is 0 Å². The number of nitrogens with one attached hydrogen (secondary N) is 1. The summed E-state index contributed by atoms with van der Waals surface area (Å²) >= 11 is 0. The minimum Gasteiger partial charge on any atom is -0.313 e. The van der Waals surface area contributed by atoms with Gasteiger partial charge >= 0.3 is 0 Å². The van der Waals surface area contributed by atoms with E-state index in [0.29, 0.717) is 12.1 Å². The highest BCUT2D eigenvalue weighted by Gasteiger charge is 2.29. The van der Waals surface area contributed by atoms with Crippen LogP contribution >= 0.6 is 0 Å². The molecule has 118 valence electrons. The molecule has 1 N–H and O–H groups in total. The van der Waals surface area contributed by atoms with Gasteiger partial charge < -0.3 is 10.2 Å². The molecule has 0 aromatic heterocycles. The predicted octanol–water partition coefficient (Wildman–Crippen LogP) is 2.71. The van der Waals surface area contributed by atoms with E-state index in [-0.39, 0.29) is 0 Å². The predicted molar refractivity (Wildman–Crippen MR) is 87.2 cm³/mol. The first kappa shape index (κ1) is 16.3. The van der Waals surface area contributed by atoms with Crippen LogP contribution in [-0.2, 0) is 0 Å². The molecule has 2 atom stereocenters. The molecule has 0 spiro atoms. The van der Waals surface area contributed by atoms with Crippen molar-refractivity contribution in [2.45, 2.75) is 77.4 Å².